The van der Waals surface area contributed by atoms with Crippen molar-refractivity contribution in [1.82, 2.24) is 0 Å². The average molecular weight is 313 g/mol. The third kappa shape index (κ3) is 4.82. The highest BCUT2D eigenvalue weighted by atomic mass is 32.2. The van der Waals surface area contributed by atoms with E-state index in [2.05, 4.69) is 41.2 Å². The van der Waals surface area contributed by atoms with E-state index in [0.29, 0.717) is 0 Å². The van der Waals surface area contributed by atoms with Crippen molar-refractivity contribution < 1.29 is 0 Å². The molecule has 0 bridgehead atoms. The summed E-state index contributed by atoms with van der Waals surface area (Å²) >= 11 is 1.69. The zero-order valence-corrected chi connectivity index (χ0v) is 13.2. The molecular weight excluding hydrogens is 294 g/mol. The van der Waals surface area contributed by atoms with Gasteiger partial charge in [0.05, 0.1) is 5.69 Å². The summed E-state index contributed by atoms with van der Waals surface area (Å²) in [6.07, 6.45) is 0. The first-order valence-corrected chi connectivity index (χ1v) is 7.74. The van der Waals surface area contributed by atoms with Gasteiger partial charge in [-0.2, -0.15) is 4.99 Å². The maximum absolute atomic E-state index is 5.69. The molecule has 114 valence electrons. The summed E-state index contributed by atoms with van der Waals surface area (Å²) in [5, 5.41) is 0. The van der Waals surface area contributed by atoms with Crippen LogP contribution in [0.2, 0.25) is 0 Å². The molecule has 0 unspecified atom stereocenters. The SMILES string of the molecule is Cc1ccc(CSc2ccccc2N=C(N)N=C(N)N)cc1. The van der Waals surface area contributed by atoms with Crippen LogP contribution in [-0.2, 0) is 5.75 Å². The Hall–Kier alpha value is -2.47. The molecule has 0 aliphatic carbocycles. The van der Waals surface area contributed by atoms with Gasteiger partial charge in [0.1, 0.15) is 0 Å². The second-order valence-electron chi connectivity index (χ2n) is 4.75. The minimum Gasteiger partial charge on any atom is -0.370 e. The molecule has 2 rings (SSSR count). The second kappa shape index (κ2) is 7.51. The summed E-state index contributed by atoms with van der Waals surface area (Å²) in [6.45, 7) is 2.08. The van der Waals surface area contributed by atoms with Crippen LogP contribution in [0.5, 0.6) is 0 Å². The summed E-state index contributed by atoms with van der Waals surface area (Å²) in [4.78, 5) is 9.01. The van der Waals surface area contributed by atoms with E-state index in [-0.39, 0.29) is 11.9 Å². The van der Waals surface area contributed by atoms with E-state index in [1.807, 2.05) is 24.3 Å². The number of para-hydroxylation sites is 1. The van der Waals surface area contributed by atoms with E-state index in [1.165, 1.54) is 11.1 Å². The van der Waals surface area contributed by atoms with Crippen molar-refractivity contribution in [2.24, 2.45) is 27.2 Å². The smallest absolute Gasteiger partial charge is 0.223 e. The monoisotopic (exact) mass is 313 g/mol. The number of nitrogens with zero attached hydrogens (tertiary/aromatic N) is 2. The van der Waals surface area contributed by atoms with Crippen molar-refractivity contribution in [3.8, 4) is 0 Å². The van der Waals surface area contributed by atoms with Crippen molar-refractivity contribution in [2.45, 2.75) is 17.6 Å². The van der Waals surface area contributed by atoms with Crippen LogP contribution in [0.4, 0.5) is 5.69 Å². The summed E-state index contributed by atoms with van der Waals surface area (Å²) in [6, 6.07) is 16.2. The van der Waals surface area contributed by atoms with Crippen LogP contribution in [0, 0.1) is 6.92 Å². The van der Waals surface area contributed by atoms with Gasteiger partial charge >= 0.3 is 0 Å². The fourth-order valence-electron chi connectivity index (χ4n) is 1.80. The molecule has 0 atom stereocenters. The molecule has 0 aromatic heterocycles. The minimum atomic E-state index is -0.106. The Kier molecular flexibility index (Phi) is 5.43. The number of thioether (sulfide) groups is 1. The predicted octanol–water partition coefficient (Wildman–Crippen LogP) is 2.51. The van der Waals surface area contributed by atoms with Gasteiger partial charge in [-0.1, -0.05) is 42.0 Å². The average Bonchev–Trinajstić information content (AvgIpc) is 2.47. The lowest BCUT2D eigenvalue weighted by Crippen LogP contribution is -2.26. The second-order valence-corrected chi connectivity index (χ2v) is 5.77. The molecule has 0 aliphatic heterocycles. The highest BCUT2D eigenvalue weighted by Crippen LogP contribution is 2.31. The van der Waals surface area contributed by atoms with E-state index >= 15 is 0 Å². The fourth-order valence-corrected chi connectivity index (χ4v) is 2.75. The zero-order chi connectivity index (χ0) is 15.9. The summed E-state index contributed by atoms with van der Waals surface area (Å²) in [5.74, 6) is 0.795. The molecule has 0 saturated carbocycles. The van der Waals surface area contributed by atoms with Crippen LogP contribution >= 0.6 is 11.8 Å². The van der Waals surface area contributed by atoms with Crippen LogP contribution in [0.25, 0.3) is 0 Å². The maximum Gasteiger partial charge on any atom is 0.223 e. The van der Waals surface area contributed by atoms with Crippen LogP contribution in [-0.4, -0.2) is 11.9 Å². The molecule has 22 heavy (non-hydrogen) atoms. The number of aryl methyl sites for hydroxylation is 1. The lowest BCUT2D eigenvalue weighted by Gasteiger charge is -2.06. The third-order valence-corrected chi connectivity index (χ3v) is 3.99. The van der Waals surface area contributed by atoms with Crippen molar-refractivity contribution in [2.75, 3.05) is 0 Å². The van der Waals surface area contributed by atoms with Gasteiger partial charge in [0.15, 0.2) is 5.96 Å². The molecule has 0 saturated heterocycles. The highest BCUT2D eigenvalue weighted by Gasteiger charge is 2.03. The third-order valence-electron chi connectivity index (χ3n) is 2.86. The van der Waals surface area contributed by atoms with Crippen molar-refractivity contribution in [3.05, 3.63) is 59.7 Å². The summed E-state index contributed by atoms with van der Waals surface area (Å²) in [5.41, 5.74) is 19.5. The van der Waals surface area contributed by atoms with Crippen LogP contribution in [0.3, 0.4) is 0 Å². The van der Waals surface area contributed by atoms with Crippen molar-refractivity contribution >= 4 is 29.4 Å². The van der Waals surface area contributed by atoms with Crippen molar-refractivity contribution in [1.29, 1.82) is 0 Å². The first-order chi connectivity index (χ1) is 10.5. The number of hydrogen-bond donors (Lipinski definition) is 3. The van der Waals surface area contributed by atoms with Gasteiger partial charge in [-0.25, -0.2) is 4.99 Å². The predicted molar refractivity (Wildman–Crippen MR) is 94.3 cm³/mol. The molecule has 0 fully saturated rings. The quantitative estimate of drug-likeness (QED) is 0.458. The number of rotatable bonds is 4. The van der Waals surface area contributed by atoms with E-state index < -0.39 is 0 Å². The van der Waals surface area contributed by atoms with Gasteiger partial charge in [0, 0.05) is 10.6 Å². The Morgan fingerprint density at radius 3 is 2.36 bits per heavy atom. The molecule has 0 spiro atoms. The fraction of sp³-hybridized carbons (Fsp3) is 0.125. The Morgan fingerprint density at radius 1 is 1.00 bits per heavy atom. The number of aliphatic imine (C=N–C) groups is 2. The molecule has 0 heterocycles. The first-order valence-electron chi connectivity index (χ1n) is 6.76. The lowest BCUT2D eigenvalue weighted by atomic mass is 10.2. The van der Waals surface area contributed by atoms with Crippen LogP contribution in [0.15, 0.2) is 63.4 Å². The first kappa shape index (κ1) is 15.9. The minimum absolute atomic E-state index is 0.0448. The van der Waals surface area contributed by atoms with Gasteiger partial charge in [-0.3, -0.25) is 0 Å². The van der Waals surface area contributed by atoms with Gasteiger partial charge < -0.3 is 17.2 Å². The van der Waals surface area contributed by atoms with Gasteiger partial charge in [0.25, 0.3) is 0 Å². The standard InChI is InChI=1S/C16H19N5S/c1-11-6-8-12(9-7-11)10-22-14-5-3-2-4-13(14)20-16(19)21-15(17)18/h2-9H,10H2,1H3,(H6,17,18,19,20,21). The van der Waals surface area contributed by atoms with E-state index in [4.69, 9.17) is 17.2 Å². The molecule has 6 heteroatoms. The van der Waals surface area contributed by atoms with Gasteiger partial charge in [-0.15, -0.1) is 11.8 Å². The zero-order valence-electron chi connectivity index (χ0n) is 12.4. The molecule has 0 radical (unpaired) electrons. The number of benzene rings is 2. The Morgan fingerprint density at radius 2 is 1.68 bits per heavy atom. The number of nitrogens with two attached hydrogens (primary N) is 3. The Bertz CT molecular complexity index is 688. The number of guanidine groups is 2. The highest BCUT2D eigenvalue weighted by molar-refractivity contribution is 7.98. The molecule has 0 aliphatic rings. The van der Waals surface area contributed by atoms with Crippen LogP contribution < -0.4 is 17.2 Å². The maximum atomic E-state index is 5.69. The molecule has 2 aromatic carbocycles. The molecular formula is C16H19N5S. The largest absolute Gasteiger partial charge is 0.370 e. The van der Waals surface area contributed by atoms with E-state index in [0.717, 1.165) is 16.3 Å². The molecule has 0 amide bonds. The van der Waals surface area contributed by atoms with Crippen molar-refractivity contribution in [3.63, 3.8) is 0 Å². The van der Waals surface area contributed by atoms with E-state index in [1.54, 1.807) is 11.8 Å². The molecule has 2 aromatic rings. The van der Waals surface area contributed by atoms with Gasteiger partial charge in [0.2, 0.25) is 5.96 Å². The summed E-state index contributed by atoms with van der Waals surface area (Å²) in [7, 11) is 0. The Balaban J connectivity index is 2.14. The topological polar surface area (TPSA) is 103 Å². The lowest BCUT2D eigenvalue weighted by molar-refractivity contribution is 1.31. The van der Waals surface area contributed by atoms with E-state index in [9.17, 15) is 0 Å². The molecule has 6 N–H and O–H groups in total. The molecule has 5 nitrogen and oxygen atoms in total. The normalized spacial score (nSPS) is 11.2. The number of hydrogen-bond acceptors (Lipinski definition) is 2. The summed E-state index contributed by atoms with van der Waals surface area (Å²) < 4.78 is 0. The van der Waals surface area contributed by atoms with Crippen LogP contribution in [0.1, 0.15) is 11.1 Å². The van der Waals surface area contributed by atoms with Gasteiger partial charge in [-0.05, 0) is 24.6 Å². The Labute approximate surface area is 134 Å².